The number of benzene rings is 2. The molecule has 0 spiro atoms. The van der Waals surface area contributed by atoms with Gasteiger partial charge in [0.1, 0.15) is 17.3 Å². The molecule has 18 heavy (non-hydrogen) atoms. The first-order valence-corrected chi connectivity index (χ1v) is 6.42. The summed E-state index contributed by atoms with van der Waals surface area (Å²) in [4.78, 5) is 0.767. The number of para-hydroxylation sites is 1. The lowest BCUT2D eigenvalue weighted by Gasteiger charge is -2.09. The molecule has 2 nitrogen and oxygen atoms in total. The number of phenolic OH excluding ortho intramolecular Hbond substituents is 1. The first kappa shape index (κ1) is 12.8. The predicted octanol–water partition coefficient (Wildman–Crippen LogP) is 3.83. The summed E-state index contributed by atoms with van der Waals surface area (Å²) in [5, 5.41) is 9.64. The molecule has 0 radical (unpaired) electrons. The number of halogens is 1. The van der Waals surface area contributed by atoms with Crippen LogP contribution in [0.1, 0.15) is 5.56 Å². The van der Waals surface area contributed by atoms with Crippen molar-refractivity contribution in [2.75, 3.05) is 7.11 Å². The third-order valence-electron chi connectivity index (χ3n) is 2.49. The highest BCUT2D eigenvalue weighted by Crippen LogP contribution is 2.33. The number of rotatable bonds is 4. The van der Waals surface area contributed by atoms with E-state index in [4.69, 9.17) is 4.74 Å². The summed E-state index contributed by atoms with van der Waals surface area (Å²) >= 11 is 1.44. The van der Waals surface area contributed by atoms with Crippen LogP contribution in [-0.2, 0) is 5.75 Å². The fraction of sp³-hybridized carbons (Fsp3) is 0.143. The van der Waals surface area contributed by atoms with Gasteiger partial charge in [-0.1, -0.05) is 12.1 Å². The van der Waals surface area contributed by atoms with Crippen molar-refractivity contribution in [3.05, 3.63) is 53.8 Å². The Morgan fingerprint density at radius 1 is 1.22 bits per heavy atom. The molecule has 0 atom stereocenters. The minimum absolute atomic E-state index is 0.234. The fourth-order valence-electron chi connectivity index (χ4n) is 1.59. The van der Waals surface area contributed by atoms with E-state index in [1.807, 2.05) is 12.1 Å². The molecule has 2 aromatic rings. The largest absolute Gasteiger partial charge is 0.507 e. The van der Waals surface area contributed by atoms with Gasteiger partial charge in [0, 0.05) is 16.2 Å². The molecular formula is C14H13FO2S. The number of aromatic hydroxyl groups is 1. The Hall–Kier alpha value is -1.68. The minimum atomic E-state index is -0.288. The molecule has 0 saturated heterocycles. The molecule has 1 N–H and O–H groups in total. The first-order chi connectivity index (χ1) is 8.70. The van der Waals surface area contributed by atoms with Crippen molar-refractivity contribution in [2.45, 2.75) is 10.6 Å². The summed E-state index contributed by atoms with van der Waals surface area (Å²) in [5.74, 6) is 1.14. The standard InChI is InChI=1S/C14H13FO2S/c1-17-13-7-6-11(15)8-10(13)9-18-14-5-3-2-4-12(14)16/h2-8,16H,9H2,1H3. The summed E-state index contributed by atoms with van der Waals surface area (Å²) in [5.41, 5.74) is 0.769. The van der Waals surface area contributed by atoms with Crippen molar-refractivity contribution in [1.82, 2.24) is 0 Å². The maximum atomic E-state index is 13.2. The van der Waals surface area contributed by atoms with Gasteiger partial charge in [0.2, 0.25) is 0 Å². The van der Waals surface area contributed by atoms with Gasteiger partial charge in [-0.3, -0.25) is 0 Å². The highest BCUT2D eigenvalue weighted by atomic mass is 32.2. The van der Waals surface area contributed by atoms with Crippen LogP contribution in [0.15, 0.2) is 47.4 Å². The number of ether oxygens (including phenoxy) is 1. The maximum absolute atomic E-state index is 13.2. The lowest BCUT2D eigenvalue weighted by molar-refractivity contribution is 0.410. The Balaban J connectivity index is 2.15. The van der Waals surface area contributed by atoms with Crippen LogP contribution in [0, 0.1) is 5.82 Å². The zero-order valence-electron chi connectivity index (χ0n) is 9.89. The van der Waals surface area contributed by atoms with E-state index in [0.717, 1.165) is 10.5 Å². The van der Waals surface area contributed by atoms with Gasteiger partial charge in [-0.2, -0.15) is 0 Å². The third-order valence-corrected chi connectivity index (χ3v) is 3.60. The van der Waals surface area contributed by atoms with Crippen LogP contribution < -0.4 is 4.74 Å². The van der Waals surface area contributed by atoms with Gasteiger partial charge in [-0.05, 0) is 30.3 Å². The third kappa shape index (κ3) is 2.96. The number of hydrogen-bond donors (Lipinski definition) is 1. The van der Waals surface area contributed by atoms with Crippen molar-refractivity contribution in [3.63, 3.8) is 0 Å². The monoisotopic (exact) mass is 264 g/mol. The van der Waals surface area contributed by atoms with Gasteiger partial charge >= 0.3 is 0 Å². The van der Waals surface area contributed by atoms with E-state index >= 15 is 0 Å². The average molecular weight is 264 g/mol. The van der Waals surface area contributed by atoms with Crippen LogP contribution in [0.5, 0.6) is 11.5 Å². The highest BCUT2D eigenvalue weighted by molar-refractivity contribution is 7.98. The Morgan fingerprint density at radius 3 is 2.72 bits per heavy atom. The van der Waals surface area contributed by atoms with Gasteiger partial charge in [0.05, 0.1) is 7.11 Å². The molecule has 0 heterocycles. The summed E-state index contributed by atoms with van der Waals surface area (Å²) in [6.45, 7) is 0. The van der Waals surface area contributed by atoms with E-state index in [-0.39, 0.29) is 11.6 Å². The summed E-state index contributed by atoms with van der Waals surface area (Å²) in [6.07, 6.45) is 0. The average Bonchev–Trinajstić information content (AvgIpc) is 2.38. The number of hydrogen-bond acceptors (Lipinski definition) is 3. The van der Waals surface area contributed by atoms with Crippen LogP contribution in [0.3, 0.4) is 0 Å². The van der Waals surface area contributed by atoms with Crippen molar-refractivity contribution in [1.29, 1.82) is 0 Å². The van der Waals surface area contributed by atoms with Crippen LogP contribution in [0.2, 0.25) is 0 Å². The molecule has 0 bridgehead atoms. The SMILES string of the molecule is COc1ccc(F)cc1CSc1ccccc1O. The molecule has 0 saturated carbocycles. The molecule has 0 aliphatic heterocycles. The first-order valence-electron chi connectivity index (χ1n) is 5.44. The molecule has 0 amide bonds. The molecule has 94 valence electrons. The smallest absolute Gasteiger partial charge is 0.129 e. The lowest BCUT2D eigenvalue weighted by Crippen LogP contribution is -1.91. The van der Waals surface area contributed by atoms with Crippen LogP contribution in [0.25, 0.3) is 0 Å². The Kier molecular flexibility index (Phi) is 4.10. The molecule has 4 heteroatoms. The normalized spacial score (nSPS) is 10.3. The van der Waals surface area contributed by atoms with Crippen molar-refractivity contribution < 1.29 is 14.2 Å². The van der Waals surface area contributed by atoms with E-state index in [1.54, 1.807) is 25.3 Å². The molecular weight excluding hydrogens is 251 g/mol. The zero-order chi connectivity index (χ0) is 13.0. The maximum Gasteiger partial charge on any atom is 0.129 e. The molecule has 0 fully saturated rings. The summed E-state index contributed by atoms with van der Waals surface area (Å²) in [6, 6.07) is 11.5. The van der Waals surface area contributed by atoms with Crippen molar-refractivity contribution >= 4 is 11.8 Å². The molecule has 0 aliphatic rings. The second-order valence-electron chi connectivity index (χ2n) is 3.71. The Morgan fingerprint density at radius 2 is 2.00 bits per heavy atom. The predicted molar refractivity (Wildman–Crippen MR) is 70.6 cm³/mol. The van der Waals surface area contributed by atoms with Crippen LogP contribution in [0.4, 0.5) is 4.39 Å². The molecule has 2 aromatic carbocycles. The van der Waals surface area contributed by atoms with E-state index in [2.05, 4.69) is 0 Å². The second kappa shape index (κ2) is 5.78. The van der Waals surface area contributed by atoms with Gasteiger partial charge in [-0.25, -0.2) is 4.39 Å². The second-order valence-corrected chi connectivity index (χ2v) is 4.73. The zero-order valence-corrected chi connectivity index (χ0v) is 10.7. The van der Waals surface area contributed by atoms with E-state index in [1.165, 1.54) is 23.9 Å². The van der Waals surface area contributed by atoms with Crippen LogP contribution in [-0.4, -0.2) is 12.2 Å². The topological polar surface area (TPSA) is 29.5 Å². The van der Waals surface area contributed by atoms with Crippen molar-refractivity contribution in [2.24, 2.45) is 0 Å². The summed E-state index contributed by atoms with van der Waals surface area (Å²) in [7, 11) is 1.56. The minimum Gasteiger partial charge on any atom is -0.507 e. The van der Waals surface area contributed by atoms with Gasteiger partial charge in [0.25, 0.3) is 0 Å². The number of methoxy groups -OCH3 is 1. The number of phenols is 1. The van der Waals surface area contributed by atoms with E-state index in [0.29, 0.717) is 11.5 Å². The van der Waals surface area contributed by atoms with E-state index < -0.39 is 0 Å². The summed E-state index contributed by atoms with van der Waals surface area (Å²) < 4.78 is 18.4. The highest BCUT2D eigenvalue weighted by Gasteiger charge is 2.07. The lowest BCUT2D eigenvalue weighted by atomic mass is 10.2. The van der Waals surface area contributed by atoms with Gasteiger partial charge in [-0.15, -0.1) is 11.8 Å². The van der Waals surface area contributed by atoms with Gasteiger partial charge in [0.15, 0.2) is 0 Å². The molecule has 2 rings (SSSR count). The quantitative estimate of drug-likeness (QED) is 0.851. The Labute approximate surface area is 109 Å². The van der Waals surface area contributed by atoms with Gasteiger partial charge < -0.3 is 9.84 Å². The molecule has 0 aromatic heterocycles. The fourth-order valence-corrected chi connectivity index (χ4v) is 2.52. The van der Waals surface area contributed by atoms with E-state index in [9.17, 15) is 9.50 Å². The Bertz CT molecular complexity index is 543. The molecule has 0 aliphatic carbocycles. The van der Waals surface area contributed by atoms with Crippen molar-refractivity contribution in [3.8, 4) is 11.5 Å². The molecule has 0 unspecified atom stereocenters. The number of thioether (sulfide) groups is 1. The van der Waals surface area contributed by atoms with Crippen LogP contribution >= 0.6 is 11.8 Å².